The fourth-order valence-electron chi connectivity index (χ4n) is 1.58. The SMILES string of the molecule is CCCNC(=O)CN[C@H](C)c1ccc(OC)cc1. The molecular formula is C14H22N2O2. The van der Waals surface area contributed by atoms with E-state index in [-0.39, 0.29) is 11.9 Å². The highest BCUT2D eigenvalue weighted by Gasteiger charge is 2.07. The molecule has 0 fully saturated rings. The average molecular weight is 250 g/mol. The summed E-state index contributed by atoms with van der Waals surface area (Å²) in [4.78, 5) is 11.4. The molecule has 1 atom stereocenters. The Morgan fingerprint density at radius 3 is 2.56 bits per heavy atom. The van der Waals surface area contributed by atoms with Crippen LogP contribution in [0.1, 0.15) is 31.9 Å². The van der Waals surface area contributed by atoms with E-state index in [1.807, 2.05) is 38.1 Å². The van der Waals surface area contributed by atoms with E-state index in [0.717, 1.165) is 24.3 Å². The molecule has 1 aromatic carbocycles. The molecule has 1 rings (SSSR count). The normalized spacial score (nSPS) is 11.9. The number of benzene rings is 1. The maximum atomic E-state index is 11.4. The number of rotatable bonds is 7. The second kappa shape index (κ2) is 7.71. The van der Waals surface area contributed by atoms with Gasteiger partial charge in [0.25, 0.3) is 0 Å². The summed E-state index contributed by atoms with van der Waals surface area (Å²) in [7, 11) is 1.65. The number of carbonyl (C=O) groups excluding carboxylic acids is 1. The molecule has 4 heteroatoms. The molecule has 2 N–H and O–H groups in total. The molecule has 0 saturated carbocycles. The van der Waals surface area contributed by atoms with Crippen molar-refractivity contribution in [3.8, 4) is 5.75 Å². The Bertz CT molecular complexity index is 363. The maximum Gasteiger partial charge on any atom is 0.233 e. The van der Waals surface area contributed by atoms with Crippen LogP contribution in [0.4, 0.5) is 0 Å². The second-order valence-electron chi connectivity index (χ2n) is 4.23. The fourth-order valence-corrected chi connectivity index (χ4v) is 1.58. The Kier molecular flexibility index (Phi) is 6.22. The summed E-state index contributed by atoms with van der Waals surface area (Å²) in [5, 5.41) is 6.03. The van der Waals surface area contributed by atoms with Crippen molar-refractivity contribution in [2.75, 3.05) is 20.2 Å². The first-order chi connectivity index (χ1) is 8.67. The molecule has 0 aliphatic rings. The quantitative estimate of drug-likeness (QED) is 0.776. The van der Waals surface area contributed by atoms with E-state index in [1.54, 1.807) is 7.11 Å². The van der Waals surface area contributed by atoms with Crippen LogP contribution < -0.4 is 15.4 Å². The first kappa shape index (κ1) is 14.5. The molecule has 0 saturated heterocycles. The summed E-state index contributed by atoms with van der Waals surface area (Å²) in [5.74, 6) is 0.879. The Balaban J connectivity index is 2.39. The molecule has 0 heterocycles. The Labute approximate surface area is 109 Å². The Hall–Kier alpha value is -1.55. The molecule has 0 bridgehead atoms. The number of methoxy groups -OCH3 is 1. The Morgan fingerprint density at radius 2 is 2.00 bits per heavy atom. The van der Waals surface area contributed by atoms with Crippen molar-refractivity contribution in [3.63, 3.8) is 0 Å². The van der Waals surface area contributed by atoms with Gasteiger partial charge in [-0.1, -0.05) is 19.1 Å². The number of hydrogen-bond donors (Lipinski definition) is 2. The number of carbonyl (C=O) groups is 1. The lowest BCUT2D eigenvalue weighted by Crippen LogP contribution is -2.35. The van der Waals surface area contributed by atoms with E-state index < -0.39 is 0 Å². The highest BCUT2D eigenvalue weighted by Crippen LogP contribution is 2.16. The highest BCUT2D eigenvalue weighted by atomic mass is 16.5. The van der Waals surface area contributed by atoms with Gasteiger partial charge in [0.05, 0.1) is 13.7 Å². The predicted molar refractivity (Wildman–Crippen MR) is 72.7 cm³/mol. The molecule has 0 aromatic heterocycles. The lowest BCUT2D eigenvalue weighted by molar-refractivity contribution is -0.120. The third-order valence-corrected chi connectivity index (χ3v) is 2.76. The minimum Gasteiger partial charge on any atom is -0.497 e. The summed E-state index contributed by atoms with van der Waals surface area (Å²) < 4.78 is 5.11. The number of nitrogens with one attached hydrogen (secondary N) is 2. The van der Waals surface area contributed by atoms with Crippen molar-refractivity contribution in [1.29, 1.82) is 0 Å². The van der Waals surface area contributed by atoms with Crippen molar-refractivity contribution in [3.05, 3.63) is 29.8 Å². The Morgan fingerprint density at radius 1 is 1.33 bits per heavy atom. The van der Waals surface area contributed by atoms with Gasteiger partial charge in [-0.05, 0) is 31.0 Å². The first-order valence-corrected chi connectivity index (χ1v) is 6.31. The van der Waals surface area contributed by atoms with Gasteiger partial charge in [-0.25, -0.2) is 0 Å². The van der Waals surface area contributed by atoms with E-state index in [0.29, 0.717) is 6.54 Å². The third-order valence-electron chi connectivity index (χ3n) is 2.76. The fraction of sp³-hybridized carbons (Fsp3) is 0.500. The molecule has 0 unspecified atom stereocenters. The molecule has 4 nitrogen and oxygen atoms in total. The maximum absolute atomic E-state index is 11.4. The molecule has 1 amide bonds. The van der Waals surface area contributed by atoms with Crippen LogP contribution in [0.15, 0.2) is 24.3 Å². The van der Waals surface area contributed by atoms with Gasteiger partial charge in [0.15, 0.2) is 0 Å². The van der Waals surface area contributed by atoms with Gasteiger partial charge < -0.3 is 15.4 Å². The van der Waals surface area contributed by atoms with Crippen LogP contribution in [0, 0.1) is 0 Å². The molecule has 18 heavy (non-hydrogen) atoms. The van der Waals surface area contributed by atoms with Crippen LogP contribution in [0.25, 0.3) is 0 Å². The van der Waals surface area contributed by atoms with E-state index in [1.165, 1.54) is 0 Å². The topological polar surface area (TPSA) is 50.4 Å². The van der Waals surface area contributed by atoms with Crippen molar-refractivity contribution in [1.82, 2.24) is 10.6 Å². The number of ether oxygens (including phenoxy) is 1. The summed E-state index contributed by atoms with van der Waals surface area (Å²) in [6, 6.07) is 7.99. The van der Waals surface area contributed by atoms with Crippen molar-refractivity contribution in [2.45, 2.75) is 26.3 Å². The lowest BCUT2D eigenvalue weighted by atomic mass is 10.1. The summed E-state index contributed by atoms with van der Waals surface area (Å²) in [6.45, 7) is 5.15. The first-order valence-electron chi connectivity index (χ1n) is 6.31. The molecule has 0 aliphatic carbocycles. The van der Waals surface area contributed by atoms with Gasteiger partial charge in [0, 0.05) is 12.6 Å². The van der Waals surface area contributed by atoms with Crippen molar-refractivity contribution in [2.24, 2.45) is 0 Å². The van der Waals surface area contributed by atoms with Crippen LogP contribution in [-0.4, -0.2) is 26.1 Å². The second-order valence-corrected chi connectivity index (χ2v) is 4.23. The van der Waals surface area contributed by atoms with E-state index in [4.69, 9.17) is 4.74 Å². The minimum atomic E-state index is 0.0391. The summed E-state index contributed by atoms with van der Waals surface area (Å²) in [6.07, 6.45) is 0.958. The van der Waals surface area contributed by atoms with E-state index in [2.05, 4.69) is 10.6 Å². The highest BCUT2D eigenvalue weighted by molar-refractivity contribution is 5.77. The molecule has 1 aromatic rings. The van der Waals surface area contributed by atoms with Crippen LogP contribution in [0.2, 0.25) is 0 Å². The van der Waals surface area contributed by atoms with Gasteiger partial charge in [0.2, 0.25) is 5.91 Å². The lowest BCUT2D eigenvalue weighted by Gasteiger charge is -2.14. The van der Waals surface area contributed by atoms with E-state index in [9.17, 15) is 4.79 Å². The predicted octanol–water partition coefficient (Wildman–Crippen LogP) is 1.87. The number of amides is 1. The number of hydrogen-bond acceptors (Lipinski definition) is 3. The third kappa shape index (κ3) is 4.75. The zero-order chi connectivity index (χ0) is 13.4. The largest absolute Gasteiger partial charge is 0.497 e. The molecular weight excluding hydrogens is 228 g/mol. The van der Waals surface area contributed by atoms with Crippen molar-refractivity contribution < 1.29 is 9.53 Å². The standard InChI is InChI=1S/C14H22N2O2/c1-4-9-15-14(17)10-16-11(2)12-5-7-13(18-3)8-6-12/h5-8,11,16H,4,9-10H2,1-3H3,(H,15,17)/t11-/m1/s1. The molecule has 0 radical (unpaired) electrons. The van der Waals surface area contributed by atoms with Crippen LogP contribution in [0.3, 0.4) is 0 Å². The van der Waals surface area contributed by atoms with Gasteiger partial charge in [0.1, 0.15) is 5.75 Å². The van der Waals surface area contributed by atoms with Gasteiger partial charge >= 0.3 is 0 Å². The average Bonchev–Trinajstić information content (AvgIpc) is 2.42. The zero-order valence-corrected chi connectivity index (χ0v) is 11.3. The molecule has 100 valence electrons. The summed E-state index contributed by atoms with van der Waals surface area (Å²) in [5.41, 5.74) is 1.14. The smallest absolute Gasteiger partial charge is 0.233 e. The van der Waals surface area contributed by atoms with Gasteiger partial charge in [-0.15, -0.1) is 0 Å². The zero-order valence-electron chi connectivity index (χ0n) is 11.3. The van der Waals surface area contributed by atoms with Crippen LogP contribution in [-0.2, 0) is 4.79 Å². The molecule has 0 spiro atoms. The van der Waals surface area contributed by atoms with Crippen LogP contribution >= 0.6 is 0 Å². The van der Waals surface area contributed by atoms with Gasteiger partial charge in [-0.3, -0.25) is 4.79 Å². The van der Waals surface area contributed by atoms with E-state index >= 15 is 0 Å². The summed E-state index contributed by atoms with van der Waals surface area (Å²) >= 11 is 0. The monoisotopic (exact) mass is 250 g/mol. The minimum absolute atomic E-state index is 0.0391. The van der Waals surface area contributed by atoms with Crippen LogP contribution in [0.5, 0.6) is 5.75 Å². The van der Waals surface area contributed by atoms with Gasteiger partial charge in [-0.2, -0.15) is 0 Å². The van der Waals surface area contributed by atoms with Crippen molar-refractivity contribution >= 4 is 5.91 Å². The molecule has 0 aliphatic heterocycles.